The predicted molar refractivity (Wildman–Crippen MR) is 109 cm³/mol. The lowest BCUT2D eigenvalue weighted by atomic mass is 10.0. The highest BCUT2D eigenvalue weighted by Gasteiger charge is 2.63. The van der Waals surface area contributed by atoms with Gasteiger partial charge in [0.1, 0.15) is 6.04 Å². The number of imide groups is 1. The minimum atomic E-state index is -4.82. The van der Waals surface area contributed by atoms with Crippen LogP contribution in [0.5, 0.6) is 0 Å². The van der Waals surface area contributed by atoms with Gasteiger partial charge in [0.05, 0.1) is 35.0 Å². The number of halogens is 3. The zero-order chi connectivity index (χ0) is 23.7. The van der Waals surface area contributed by atoms with Crippen molar-refractivity contribution in [1.82, 2.24) is 9.80 Å². The fourth-order valence-electron chi connectivity index (χ4n) is 5.08. The second-order valence-electron chi connectivity index (χ2n) is 8.43. The molecular weight excluding hydrogens is 437 g/mol. The number of nitriles is 1. The Balaban J connectivity index is 1.47. The number of carbonyl (C=O) groups is 3. The molecule has 0 saturated carbocycles. The number of amides is 4. The van der Waals surface area contributed by atoms with Gasteiger partial charge in [-0.05, 0) is 43.7 Å². The molecule has 0 N–H and O–H groups in total. The van der Waals surface area contributed by atoms with E-state index in [1.54, 1.807) is 23.1 Å². The molecule has 0 aliphatic carbocycles. The van der Waals surface area contributed by atoms with Crippen LogP contribution in [-0.4, -0.2) is 52.3 Å². The van der Waals surface area contributed by atoms with Gasteiger partial charge < -0.3 is 9.80 Å². The highest BCUT2D eigenvalue weighted by atomic mass is 19.4. The molecule has 3 aliphatic rings. The molecule has 2 aromatic carbocycles. The van der Waals surface area contributed by atoms with Gasteiger partial charge in [-0.3, -0.25) is 9.59 Å². The lowest BCUT2D eigenvalue weighted by Gasteiger charge is -2.35. The Labute approximate surface area is 186 Å². The van der Waals surface area contributed by atoms with Gasteiger partial charge >= 0.3 is 12.2 Å². The first kappa shape index (κ1) is 21.0. The van der Waals surface area contributed by atoms with Gasteiger partial charge in [0, 0.05) is 12.1 Å². The van der Waals surface area contributed by atoms with E-state index in [0.29, 0.717) is 18.1 Å². The summed E-state index contributed by atoms with van der Waals surface area (Å²) in [6.07, 6.45) is -4.38. The van der Waals surface area contributed by atoms with Crippen molar-refractivity contribution in [2.45, 2.75) is 37.6 Å². The van der Waals surface area contributed by atoms with Crippen LogP contribution in [0, 0.1) is 18.3 Å². The van der Waals surface area contributed by atoms with Crippen LogP contribution >= 0.6 is 0 Å². The number of hydrogen-bond acceptors (Lipinski definition) is 4. The molecule has 3 unspecified atom stereocenters. The summed E-state index contributed by atoms with van der Waals surface area (Å²) >= 11 is 0. The number of anilines is 1. The van der Waals surface area contributed by atoms with Crippen molar-refractivity contribution in [2.24, 2.45) is 0 Å². The van der Waals surface area contributed by atoms with Crippen LogP contribution in [0.4, 0.5) is 23.7 Å². The Morgan fingerprint density at radius 2 is 1.91 bits per heavy atom. The van der Waals surface area contributed by atoms with Gasteiger partial charge in [-0.1, -0.05) is 17.7 Å². The number of likely N-dealkylation sites (tertiary alicyclic amines) is 1. The van der Waals surface area contributed by atoms with Crippen molar-refractivity contribution in [3.63, 3.8) is 0 Å². The third-order valence-electron chi connectivity index (χ3n) is 6.48. The molecule has 10 heteroatoms. The summed E-state index contributed by atoms with van der Waals surface area (Å²) in [6.45, 7) is 2.11. The SMILES string of the molecule is Cc1cccc(C(=O)N2CC3CC2C2C(=O)N(c4ccc(C#N)c(C(F)(F)F)c4)C(=O)N32)c1. The van der Waals surface area contributed by atoms with Crippen LogP contribution in [0.15, 0.2) is 42.5 Å². The number of hydrogen-bond donors (Lipinski definition) is 0. The summed E-state index contributed by atoms with van der Waals surface area (Å²) in [7, 11) is 0. The smallest absolute Gasteiger partial charge is 0.331 e. The minimum absolute atomic E-state index is 0.248. The molecule has 3 atom stereocenters. The summed E-state index contributed by atoms with van der Waals surface area (Å²) in [4.78, 5) is 43.1. The van der Waals surface area contributed by atoms with Crippen molar-refractivity contribution in [1.29, 1.82) is 5.26 Å². The van der Waals surface area contributed by atoms with Crippen molar-refractivity contribution in [2.75, 3.05) is 11.4 Å². The van der Waals surface area contributed by atoms with E-state index in [-0.39, 0.29) is 18.1 Å². The van der Waals surface area contributed by atoms with Crippen LogP contribution < -0.4 is 4.90 Å². The van der Waals surface area contributed by atoms with Gasteiger partial charge in [-0.2, -0.15) is 18.4 Å². The Bertz CT molecular complexity index is 1250. The van der Waals surface area contributed by atoms with Crippen LogP contribution in [-0.2, 0) is 11.0 Å². The van der Waals surface area contributed by atoms with Crippen LogP contribution in [0.2, 0.25) is 0 Å². The highest BCUT2D eigenvalue weighted by molar-refractivity contribution is 6.22. The normalized spacial score (nSPS) is 23.8. The Hall–Kier alpha value is -3.87. The molecule has 0 spiro atoms. The van der Waals surface area contributed by atoms with Gasteiger partial charge in [-0.15, -0.1) is 0 Å². The maximum Gasteiger partial charge on any atom is 0.417 e. The monoisotopic (exact) mass is 454 g/mol. The summed E-state index contributed by atoms with van der Waals surface area (Å²) < 4.78 is 40.2. The predicted octanol–water partition coefficient (Wildman–Crippen LogP) is 3.32. The maximum atomic E-state index is 13.4. The largest absolute Gasteiger partial charge is 0.417 e. The molecule has 7 nitrogen and oxygen atoms in total. The number of rotatable bonds is 2. The molecule has 0 aromatic heterocycles. The highest BCUT2D eigenvalue weighted by Crippen LogP contribution is 2.43. The molecule has 33 heavy (non-hydrogen) atoms. The van der Waals surface area contributed by atoms with Crippen molar-refractivity contribution < 1.29 is 27.6 Å². The van der Waals surface area contributed by atoms with Crippen molar-refractivity contribution in [3.05, 3.63) is 64.7 Å². The first-order valence-corrected chi connectivity index (χ1v) is 10.3. The molecule has 0 radical (unpaired) electrons. The van der Waals surface area contributed by atoms with Gasteiger partial charge in [0.15, 0.2) is 0 Å². The standard InChI is InChI=1S/C23H17F3N4O3/c1-12-3-2-4-13(7-12)20(31)28-11-16-9-18(28)19-21(32)30(22(33)29(16)19)15-6-5-14(10-27)17(8-15)23(24,25)26/h2-8,16,18-19H,9,11H2,1H3. The Morgan fingerprint density at radius 3 is 2.58 bits per heavy atom. The zero-order valence-electron chi connectivity index (χ0n) is 17.3. The topological polar surface area (TPSA) is 84.7 Å². The third kappa shape index (κ3) is 3.07. The Morgan fingerprint density at radius 1 is 1.15 bits per heavy atom. The van der Waals surface area contributed by atoms with E-state index in [2.05, 4.69) is 0 Å². The van der Waals surface area contributed by atoms with Crippen LogP contribution in [0.3, 0.4) is 0 Å². The fraction of sp³-hybridized carbons (Fsp3) is 0.304. The number of carbonyl (C=O) groups excluding carboxylic acids is 3. The molecule has 3 saturated heterocycles. The van der Waals surface area contributed by atoms with Crippen molar-refractivity contribution >= 4 is 23.5 Å². The van der Waals surface area contributed by atoms with Gasteiger partial charge in [-0.25, -0.2) is 9.69 Å². The lowest BCUT2D eigenvalue weighted by Crippen LogP contribution is -2.54. The van der Waals surface area contributed by atoms with Crippen LogP contribution in [0.1, 0.15) is 33.5 Å². The van der Waals surface area contributed by atoms with Crippen LogP contribution in [0.25, 0.3) is 0 Å². The number of aryl methyl sites for hydroxylation is 1. The minimum Gasteiger partial charge on any atom is -0.331 e. The zero-order valence-corrected chi connectivity index (χ0v) is 17.3. The molecule has 3 heterocycles. The van der Waals surface area contributed by atoms with E-state index in [1.165, 1.54) is 11.0 Å². The first-order valence-electron chi connectivity index (χ1n) is 10.3. The average Bonchev–Trinajstić information content (AvgIpc) is 3.43. The molecule has 2 aromatic rings. The molecular formula is C23H17F3N4O3. The van der Waals surface area contributed by atoms with E-state index in [1.807, 2.05) is 13.0 Å². The third-order valence-corrected chi connectivity index (χ3v) is 6.48. The second kappa shape index (κ2) is 7.07. The molecule has 3 aliphatic heterocycles. The fourth-order valence-corrected chi connectivity index (χ4v) is 5.08. The Kier molecular flexibility index (Phi) is 4.50. The van der Waals surface area contributed by atoms with Gasteiger partial charge in [0.2, 0.25) is 0 Å². The molecule has 3 fully saturated rings. The lowest BCUT2D eigenvalue weighted by molar-refractivity contribution is -0.137. The second-order valence-corrected chi connectivity index (χ2v) is 8.43. The number of benzene rings is 2. The van der Waals surface area contributed by atoms with E-state index >= 15 is 0 Å². The average molecular weight is 454 g/mol. The number of piperazine rings is 1. The van der Waals surface area contributed by atoms with E-state index in [9.17, 15) is 27.6 Å². The summed E-state index contributed by atoms with van der Waals surface area (Å²) in [5.74, 6) is -0.922. The number of nitrogens with zero attached hydrogens (tertiary/aromatic N) is 4. The first-order chi connectivity index (χ1) is 15.6. The number of urea groups is 1. The molecule has 168 valence electrons. The van der Waals surface area contributed by atoms with Gasteiger partial charge in [0.25, 0.3) is 11.8 Å². The van der Waals surface area contributed by atoms with E-state index < -0.39 is 47.4 Å². The molecule has 5 rings (SSSR count). The molecule has 4 amide bonds. The molecule has 2 bridgehead atoms. The number of alkyl halides is 3. The summed E-state index contributed by atoms with van der Waals surface area (Å²) in [5.41, 5.74) is -0.673. The van der Waals surface area contributed by atoms with E-state index in [4.69, 9.17) is 5.26 Å². The van der Waals surface area contributed by atoms with E-state index in [0.717, 1.165) is 22.6 Å². The summed E-state index contributed by atoms with van der Waals surface area (Å²) in [5, 5.41) is 9.00. The maximum absolute atomic E-state index is 13.4. The number of fused-ring (bicyclic) bond motifs is 5. The summed E-state index contributed by atoms with van der Waals surface area (Å²) in [6, 6.07) is 8.68. The quantitative estimate of drug-likeness (QED) is 0.652. The van der Waals surface area contributed by atoms with Crippen molar-refractivity contribution in [3.8, 4) is 6.07 Å².